The molecule has 0 aromatic rings. The third kappa shape index (κ3) is 1.89. The van der Waals surface area contributed by atoms with Crippen molar-refractivity contribution in [2.75, 3.05) is 26.2 Å². The zero-order valence-corrected chi connectivity index (χ0v) is 8.50. The smallest absolute Gasteiger partial charge is 0.260 e. The molecule has 14 heavy (non-hydrogen) atoms. The molecule has 0 spiro atoms. The van der Waals surface area contributed by atoms with Crippen LogP contribution >= 0.6 is 11.6 Å². The van der Waals surface area contributed by atoms with Crippen LogP contribution in [0.3, 0.4) is 0 Å². The van der Waals surface area contributed by atoms with Crippen molar-refractivity contribution in [1.82, 2.24) is 15.6 Å². The van der Waals surface area contributed by atoms with Crippen LogP contribution in [0.4, 0.5) is 0 Å². The molecule has 1 saturated heterocycles. The Kier molecular flexibility index (Phi) is 3.00. The van der Waals surface area contributed by atoms with Crippen LogP contribution in [0.2, 0.25) is 0 Å². The van der Waals surface area contributed by atoms with Gasteiger partial charge in [-0.1, -0.05) is 0 Å². The molecule has 1 fully saturated rings. The summed E-state index contributed by atoms with van der Waals surface area (Å²) in [7, 11) is 0. The molecule has 0 aliphatic carbocycles. The van der Waals surface area contributed by atoms with E-state index in [1.165, 1.54) is 0 Å². The summed E-state index contributed by atoms with van der Waals surface area (Å²) in [5.41, 5.74) is 2.36. The van der Waals surface area contributed by atoms with Gasteiger partial charge in [0.25, 0.3) is 5.91 Å². The van der Waals surface area contributed by atoms with Crippen molar-refractivity contribution in [2.45, 2.75) is 11.4 Å². The first-order valence-corrected chi connectivity index (χ1v) is 5.14. The molecule has 2 heterocycles. The maximum absolute atomic E-state index is 11.2. The summed E-state index contributed by atoms with van der Waals surface area (Å²) in [6.07, 6.45) is 1.71. The number of hydrogen-bond acceptors (Lipinski definition) is 4. The van der Waals surface area contributed by atoms with Crippen LogP contribution < -0.4 is 10.7 Å². The Morgan fingerprint density at radius 1 is 1.50 bits per heavy atom. The highest BCUT2D eigenvalue weighted by molar-refractivity contribution is 6.32. The number of piperazine rings is 1. The number of halogens is 1. The predicted molar refractivity (Wildman–Crippen MR) is 54.5 cm³/mol. The number of nitrogens with zero attached hydrogens (tertiary/aromatic N) is 2. The number of amides is 1. The molecule has 2 aliphatic heterocycles. The first kappa shape index (κ1) is 9.89. The molecule has 0 aromatic heterocycles. The second-order valence-electron chi connectivity index (χ2n) is 3.43. The van der Waals surface area contributed by atoms with Gasteiger partial charge in [0, 0.05) is 32.4 Å². The van der Waals surface area contributed by atoms with Crippen molar-refractivity contribution in [2.24, 2.45) is 5.10 Å². The highest BCUT2D eigenvalue weighted by Gasteiger charge is 2.33. The maximum Gasteiger partial charge on any atom is 0.260 e. The second-order valence-corrected chi connectivity index (χ2v) is 3.90. The van der Waals surface area contributed by atoms with Gasteiger partial charge in [-0.15, -0.1) is 11.6 Å². The van der Waals surface area contributed by atoms with Gasteiger partial charge >= 0.3 is 0 Å². The number of carbonyl (C=O) groups is 1. The Bertz CT molecular complexity index is 252. The van der Waals surface area contributed by atoms with Crippen molar-refractivity contribution in [1.29, 1.82) is 0 Å². The Balaban J connectivity index is 2.04. The predicted octanol–water partition coefficient (Wildman–Crippen LogP) is -1.02. The van der Waals surface area contributed by atoms with Crippen LogP contribution in [0, 0.1) is 0 Å². The molecular formula is C8H13ClN4O. The summed E-state index contributed by atoms with van der Waals surface area (Å²) in [5.74, 6) is -0.210. The normalized spacial score (nSPS) is 34.2. The molecule has 0 unspecified atom stereocenters. The molecule has 2 aliphatic rings. The Hall–Kier alpha value is -0.650. The van der Waals surface area contributed by atoms with E-state index in [2.05, 4.69) is 20.7 Å². The minimum Gasteiger partial charge on any atom is -0.314 e. The number of carbonyl (C=O) groups excluding carboxylic acids is 1. The number of alkyl halides is 1. The van der Waals surface area contributed by atoms with Crippen molar-refractivity contribution in [3.63, 3.8) is 0 Å². The summed E-state index contributed by atoms with van der Waals surface area (Å²) in [5, 5.41) is 6.52. The number of nitrogens with one attached hydrogen (secondary N) is 2. The van der Waals surface area contributed by atoms with Crippen LogP contribution in [-0.4, -0.2) is 54.6 Å². The zero-order valence-electron chi connectivity index (χ0n) is 7.74. The van der Waals surface area contributed by atoms with Gasteiger partial charge in [0.15, 0.2) is 0 Å². The summed E-state index contributed by atoms with van der Waals surface area (Å²) >= 11 is 6.00. The summed E-state index contributed by atoms with van der Waals surface area (Å²) in [4.78, 5) is 13.4. The minimum atomic E-state index is -0.523. The summed E-state index contributed by atoms with van der Waals surface area (Å²) < 4.78 is 0. The van der Waals surface area contributed by atoms with Crippen LogP contribution in [0.5, 0.6) is 0 Å². The van der Waals surface area contributed by atoms with Gasteiger partial charge in [0.05, 0.1) is 6.04 Å². The average Bonchev–Trinajstić information content (AvgIpc) is 2.23. The van der Waals surface area contributed by atoms with Crippen LogP contribution in [-0.2, 0) is 4.79 Å². The quantitative estimate of drug-likeness (QED) is 0.552. The lowest BCUT2D eigenvalue weighted by molar-refractivity contribution is -0.121. The van der Waals surface area contributed by atoms with E-state index in [1.54, 1.807) is 6.21 Å². The molecule has 2 atom stereocenters. The molecular weight excluding hydrogens is 204 g/mol. The van der Waals surface area contributed by atoms with Gasteiger partial charge in [-0.2, -0.15) is 5.10 Å². The summed E-state index contributed by atoms with van der Waals surface area (Å²) in [6.45, 7) is 3.70. The number of hydrazone groups is 1. The van der Waals surface area contributed by atoms with E-state index in [4.69, 9.17) is 11.6 Å². The third-order valence-corrected chi connectivity index (χ3v) is 2.98. The lowest BCUT2D eigenvalue weighted by Gasteiger charge is -2.35. The van der Waals surface area contributed by atoms with Crippen molar-refractivity contribution >= 4 is 23.7 Å². The maximum atomic E-state index is 11.2. The van der Waals surface area contributed by atoms with Gasteiger partial charge in [-0.3, -0.25) is 9.69 Å². The molecule has 0 bridgehead atoms. The highest BCUT2D eigenvalue weighted by atomic mass is 35.5. The molecule has 5 nitrogen and oxygen atoms in total. The molecule has 6 heteroatoms. The van der Waals surface area contributed by atoms with E-state index in [0.29, 0.717) is 0 Å². The zero-order chi connectivity index (χ0) is 9.97. The largest absolute Gasteiger partial charge is 0.314 e. The van der Waals surface area contributed by atoms with Crippen LogP contribution in [0.1, 0.15) is 0 Å². The van der Waals surface area contributed by atoms with Crippen LogP contribution in [0.15, 0.2) is 5.10 Å². The summed E-state index contributed by atoms with van der Waals surface area (Å²) in [6, 6.07) is -0.0625. The van der Waals surface area contributed by atoms with Crippen molar-refractivity contribution in [3.8, 4) is 0 Å². The topological polar surface area (TPSA) is 56.7 Å². The fraction of sp³-hybridized carbons (Fsp3) is 0.750. The molecule has 0 aromatic carbocycles. The molecule has 78 valence electrons. The van der Waals surface area contributed by atoms with Gasteiger partial charge in [-0.05, 0) is 0 Å². The van der Waals surface area contributed by atoms with Gasteiger partial charge in [-0.25, -0.2) is 5.43 Å². The second kappa shape index (κ2) is 4.25. The van der Waals surface area contributed by atoms with Gasteiger partial charge < -0.3 is 5.32 Å². The van der Waals surface area contributed by atoms with Crippen molar-refractivity contribution < 1.29 is 4.79 Å². The fourth-order valence-corrected chi connectivity index (χ4v) is 2.00. The molecule has 0 saturated carbocycles. The first-order valence-electron chi connectivity index (χ1n) is 4.71. The van der Waals surface area contributed by atoms with E-state index in [9.17, 15) is 4.79 Å². The Labute approximate surface area is 87.5 Å². The Morgan fingerprint density at radius 2 is 2.21 bits per heavy atom. The van der Waals surface area contributed by atoms with Gasteiger partial charge in [0.2, 0.25) is 0 Å². The number of rotatable bonds is 1. The van der Waals surface area contributed by atoms with Gasteiger partial charge in [0.1, 0.15) is 5.38 Å². The molecule has 0 radical (unpaired) electrons. The average molecular weight is 217 g/mol. The molecule has 1 amide bonds. The van der Waals surface area contributed by atoms with E-state index >= 15 is 0 Å². The highest BCUT2D eigenvalue weighted by Crippen LogP contribution is 2.13. The van der Waals surface area contributed by atoms with E-state index in [0.717, 1.165) is 26.2 Å². The van der Waals surface area contributed by atoms with E-state index in [1.807, 2.05) is 0 Å². The first-order chi connectivity index (χ1) is 6.79. The number of hydrogen-bond donors (Lipinski definition) is 2. The molecule has 2 rings (SSSR count). The SMILES string of the molecule is O=C1NN=C[C@@H](N2CCNCC2)[C@H]1Cl. The minimum absolute atomic E-state index is 0.0625. The lowest BCUT2D eigenvalue weighted by atomic mass is 10.1. The standard InChI is InChI=1S/C8H13ClN4O/c9-7-6(5-11-12-8(7)14)13-3-1-10-2-4-13/h5-7,10H,1-4H2,(H,12,14)/t6-,7-/m1/s1. The molecule has 2 N–H and O–H groups in total. The third-order valence-electron chi connectivity index (χ3n) is 2.53. The van der Waals surface area contributed by atoms with E-state index < -0.39 is 5.38 Å². The monoisotopic (exact) mass is 216 g/mol. The van der Waals surface area contributed by atoms with Crippen LogP contribution in [0.25, 0.3) is 0 Å². The lowest BCUT2D eigenvalue weighted by Crippen LogP contribution is -2.56. The fourth-order valence-electron chi connectivity index (χ4n) is 1.73. The van der Waals surface area contributed by atoms with E-state index in [-0.39, 0.29) is 11.9 Å². The van der Waals surface area contributed by atoms with Crippen molar-refractivity contribution in [3.05, 3.63) is 0 Å². The Morgan fingerprint density at radius 3 is 2.93 bits per heavy atom.